The molecule has 25 heavy (non-hydrogen) atoms. The highest BCUT2D eigenvalue weighted by atomic mass is 16.3. The summed E-state index contributed by atoms with van der Waals surface area (Å²) in [4.78, 5) is 8.82. The molecular formula is C19H16N4O2. The van der Waals surface area contributed by atoms with E-state index in [4.69, 9.17) is 0 Å². The van der Waals surface area contributed by atoms with Gasteiger partial charge in [0.2, 0.25) is 0 Å². The summed E-state index contributed by atoms with van der Waals surface area (Å²) in [7, 11) is 0. The lowest BCUT2D eigenvalue weighted by atomic mass is 10.1. The summed E-state index contributed by atoms with van der Waals surface area (Å²) in [6.07, 6.45) is 5.32. The number of nitrogens with one attached hydrogen (secondary N) is 1. The Hall–Kier alpha value is -3.54. The standard InChI is InChI=1S/C19H16N4O2/c24-15-7-5-13(6-8-15)16-12-22-19-18(20-9-10-23(16)19)21-11-14-3-1-2-4-17(14)25/h1-10,12,24-25H,11H2,(H,20,21). The number of aromatic nitrogens is 3. The average Bonchev–Trinajstić information content (AvgIpc) is 3.06. The first-order valence-corrected chi connectivity index (χ1v) is 7.84. The third-order valence-electron chi connectivity index (χ3n) is 4.03. The highest BCUT2D eigenvalue weighted by molar-refractivity contribution is 5.70. The summed E-state index contributed by atoms with van der Waals surface area (Å²) in [5.41, 5.74) is 3.34. The Morgan fingerprint density at radius 1 is 0.960 bits per heavy atom. The lowest BCUT2D eigenvalue weighted by Crippen LogP contribution is -2.04. The smallest absolute Gasteiger partial charge is 0.180 e. The zero-order valence-corrected chi connectivity index (χ0v) is 13.3. The summed E-state index contributed by atoms with van der Waals surface area (Å²) in [6.45, 7) is 0.445. The number of para-hydroxylation sites is 1. The molecule has 4 rings (SSSR count). The van der Waals surface area contributed by atoms with Crippen molar-refractivity contribution >= 4 is 11.5 Å². The monoisotopic (exact) mass is 332 g/mol. The number of nitrogens with zero attached hydrogens (tertiary/aromatic N) is 3. The Kier molecular flexibility index (Phi) is 3.70. The summed E-state index contributed by atoms with van der Waals surface area (Å²) in [5.74, 6) is 1.11. The second-order valence-corrected chi connectivity index (χ2v) is 5.64. The van der Waals surface area contributed by atoms with Crippen LogP contribution in [0.25, 0.3) is 16.9 Å². The Balaban J connectivity index is 1.67. The predicted octanol–water partition coefficient (Wildman–Crippen LogP) is 3.42. The third-order valence-corrected chi connectivity index (χ3v) is 4.03. The molecule has 6 nitrogen and oxygen atoms in total. The van der Waals surface area contributed by atoms with Gasteiger partial charge in [0, 0.05) is 30.1 Å². The number of imidazole rings is 1. The molecular weight excluding hydrogens is 316 g/mol. The molecule has 0 amide bonds. The van der Waals surface area contributed by atoms with E-state index >= 15 is 0 Å². The lowest BCUT2D eigenvalue weighted by molar-refractivity contribution is 0.469. The van der Waals surface area contributed by atoms with Crippen molar-refractivity contribution in [2.75, 3.05) is 5.32 Å². The van der Waals surface area contributed by atoms with Crippen LogP contribution in [-0.4, -0.2) is 24.6 Å². The van der Waals surface area contributed by atoms with Crippen LogP contribution < -0.4 is 5.32 Å². The van der Waals surface area contributed by atoms with Gasteiger partial charge in [-0.05, 0) is 30.3 Å². The van der Waals surface area contributed by atoms with Gasteiger partial charge >= 0.3 is 0 Å². The third kappa shape index (κ3) is 2.85. The first kappa shape index (κ1) is 15.0. The molecule has 124 valence electrons. The van der Waals surface area contributed by atoms with Crippen LogP contribution in [0.3, 0.4) is 0 Å². The van der Waals surface area contributed by atoms with E-state index in [1.54, 1.807) is 36.7 Å². The van der Waals surface area contributed by atoms with Crippen molar-refractivity contribution in [3.63, 3.8) is 0 Å². The molecule has 3 N–H and O–H groups in total. The van der Waals surface area contributed by atoms with E-state index in [0.717, 1.165) is 16.8 Å². The van der Waals surface area contributed by atoms with Gasteiger partial charge in [0.05, 0.1) is 11.9 Å². The highest BCUT2D eigenvalue weighted by Crippen LogP contribution is 2.25. The molecule has 0 fully saturated rings. The van der Waals surface area contributed by atoms with Gasteiger partial charge in [0.15, 0.2) is 11.5 Å². The maximum Gasteiger partial charge on any atom is 0.180 e. The Labute approximate surface area is 144 Å². The second kappa shape index (κ2) is 6.16. The van der Waals surface area contributed by atoms with E-state index in [0.29, 0.717) is 18.0 Å². The second-order valence-electron chi connectivity index (χ2n) is 5.64. The van der Waals surface area contributed by atoms with Crippen LogP contribution in [0.2, 0.25) is 0 Å². The fraction of sp³-hybridized carbons (Fsp3) is 0.0526. The topological polar surface area (TPSA) is 82.7 Å². The number of hydrogen-bond acceptors (Lipinski definition) is 5. The number of phenols is 2. The Bertz CT molecular complexity index is 1030. The summed E-state index contributed by atoms with van der Waals surface area (Å²) in [5, 5.41) is 22.5. The molecule has 0 radical (unpaired) electrons. The normalized spacial score (nSPS) is 10.9. The largest absolute Gasteiger partial charge is 0.508 e. The number of phenolic OH excluding ortho intramolecular Hbond substituents is 2. The van der Waals surface area contributed by atoms with E-state index in [1.165, 1.54) is 0 Å². The van der Waals surface area contributed by atoms with Crippen LogP contribution in [0.1, 0.15) is 5.56 Å². The molecule has 0 bridgehead atoms. The van der Waals surface area contributed by atoms with E-state index < -0.39 is 0 Å². The number of rotatable bonds is 4. The predicted molar refractivity (Wildman–Crippen MR) is 95.5 cm³/mol. The minimum atomic E-state index is 0.226. The molecule has 0 atom stereocenters. The van der Waals surface area contributed by atoms with Gasteiger partial charge in [0.25, 0.3) is 0 Å². The van der Waals surface area contributed by atoms with Crippen molar-refractivity contribution in [3.05, 3.63) is 72.7 Å². The SMILES string of the molecule is Oc1ccc(-c2cnc3c(NCc4ccccc4O)nccn23)cc1. The quantitative estimate of drug-likeness (QED) is 0.533. The molecule has 0 saturated carbocycles. The maximum atomic E-state index is 9.88. The molecule has 4 aromatic rings. The molecule has 2 aromatic carbocycles. The fourth-order valence-electron chi connectivity index (χ4n) is 2.73. The van der Waals surface area contributed by atoms with Crippen molar-refractivity contribution in [3.8, 4) is 22.8 Å². The molecule has 2 aromatic heterocycles. The number of aromatic hydroxyl groups is 2. The molecule has 0 aliphatic heterocycles. The molecule has 0 spiro atoms. The van der Waals surface area contributed by atoms with Crippen molar-refractivity contribution in [1.29, 1.82) is 0 Å². The van der Waals surface area contributed by atoms with Crippen LogP contribution in [0.15, 0.2) is 67.1 Å². The van der Waals surface area contributed by atoms with Gasteiger partial charge in [-0.25, -0.2) is 9.97 Å². The molecule has 2 heterocycles. The van der Waals surface area contributed by atoms with Crippen LogP contribution in [0, 0.1) is 0 Å². The van der Waals surface area contributed by atoms with E-state index in [9.17, 15) is 10.2 Å². The lowest BCUT2D eigenvalue weighted by Gasteiger charge is -2.09. The number of anilines is 1. The van der Waals surface area contributed by atoms with Crippen LogP contribution >= 0.6 is 0 Å². The minimum Gasteiger partial charge on any atom is -0.508 e. The number of benzene rings is 2. The van der Waals surface area contributed by atoms with Gasteiger partial charge in [0.1, 0.15) is 11.5 Å². The summed E-state index contributed by atoms with van der Waals surface area (Å²) < 4.78 is 1.94. The molecule has 0 saturated heterocycles. The number of fused-ring (bicyclic) bond motifs is 1. The summed E-state index contributed by atoms with van der Waals surface area (Å²) in [6, 6.07) is 14.2. The van der Waals surface area contributed by atoms with Crippen molar-refractivity contribution in [1.82, 2.24) is 14.4 Å². The molecule has 0 aliphatic carbocycles. The minimum absolute atomic E-state index is 0.226. The first-order chi connectivity index (χ1) is 12.2. The first-order valence-electron chi connectivity index (χ1n) is 7.84. The highest BCUT2D eigenvalue weighted by Gasteiger charge is 2.10. The van der Waals surface area contributed by atoms with Crippen LogP contribution in [0.5, 0.6) is 11.5 Å². The summed E-state index contributed by atoms with van der Waals surface area (Å²) >= 11 is 0. The van der Waals surface area contributed by atoms with Crippen LogP contribution in [-0.2, 0) is 6.54 Å². The molecule has 6 heteroatoms. The average molecular weight is 332 g/mol. The molecule has 0 aliphatic rings. The van der Waals surface area contributed by atoms with Gasteiger partial charge in [-0.15, -0.1) is 0 Å². The number of hydrogen-bond donors (Lipinski definition) is 3. The Morgan fingerprint density at radius 2 is 1.76 bits per heavy atom. The van der Waals surface area contributed by atoms with E-state index in [-0.39, 0.29) is 11.5 Å². The molecule has 0 unspecified atom stereocenters. The van der Waals surface area contributed by atoms with Gasteiger partial charge in [-0.3, -0.25) is 4.40 Å². The zero-order valence-electron chi connectivity index (χ0n) is 13.3. The van der Waals surface area contributed by atoms with Gasteiger partial charge in [-0.1, -0.05) is 18.2 Å². The van der Waals surface area contributed by atoms with Gasteiger partial charge in [-0.2, -0.15) is 0 Å². The van der Waals surface area contributed by atoms with Gasteiger partial charge < -0.3 is 15.5 Å². The van der Waals surface area contributed by atoms with E-state index in [2.05, 4.69) is 15.3 Å². The fourth-order valence-corrected chi connectivity index (χ4v) is 2.73. The zero-order chi connectivity index (χ0) is 17.2. The Morgan fingerprint density at radius 3 is 2.56 bits per heavy atom. The van der Waals surface area contributed by atoms with Crippen molar-refractivity contribution < 1.29 is 10.2 Å². The van der Waals surface area contributed by atoms with Crippen molar-refractivity contribution in [2.45, 2.75) is 6.54 Å². The maximum absolute atomic E-state index is 9.88. The van der Waals surface area contributed by atoms with Crippen LogP contribution in [0.4, 0.5) is 5.82 Å². The van der Waals surface area contributed by atoms with E-state index in [1.807, 2.05) is 34.9 Å². The van der Waals surface area contributed by atoms with Crippen molar-refractivity contribution in [2.24, 2.45) is 0 Å².